The molecule has 0 amide bonds. The van der Waals surface area contributed by atoms with Gasteiger partial charge in [-0.25, -0.2) is 0 Å². The second-order valence-electron chi connectivity index (χ2n) is 7.31. The molecule has 0 aromatic carbocycles. The maximum absolute atomic E-state index is 3.68. The molecule has 0 bridgehead atoms. The van der Waals surface area contributed by atoms with Crippen LogP contribution in [0.3, 0.4) is 0 Å². The van der Waals surface area contributed by atoms with Crippen molar-refractivity contribution in [3.05, 3.63) is 0 Å². The Morgan fingerprint density at radius 3 is 1.95 bits per heavy atom. The lowest BCUT2D eigenvalue weighted by Crippen LogP contribution is -2.53. The zero-order chi connectivity index (χ0) is 15.9. The van der Waals surface area contributed by atoms with Crippen molar-refractivity contribution in [2.75, 3.05) is 39.3 Å². The smallest absolute Gasteiger partial charge is 0.0113 e. The van der Waals surface area contributed by atoms with Gasteiger partial charge < -0.3 is 10.2 Å². The molecule has 1 unspecified atom stereocenters. The summed E-state index contributed by atoms with van der Waals surface area (Å²) < 4.78 is 0. The molecule has 1 saturated heterocycles. The van der Waals surface area contributed by atoms with Gasteiger partial charge in [0.05, 0.1) is 0 Å². The van der Waals surface area contributed by atoms with Gasteiger partial charge in [0.15, 0.2) is 0 Å². The first kappa shape index (κ1) is 18.9. The summed E-state index contributed by atoms with van der Waals surface area (Å²) in [5.74, 6) is 0. The van der Waals surface area contributed by atoms with E-state index >= 15 is 0 Å². The monoisotopic (exact) mass is 297 g/mol. The summed E-state index contributed by atoms with van der Waals surface area (Å²) in [6, 6.07) is 1.33. The molecule has 0 aliphatic carbocycles. The molecule has 1 aliphatic heterocycles. The van der Waals surface area contributed by atoms with Crippen molar-refractivity contribution in [2.45, 2.75) is 72.9 Å². The van der Waals surface area contributed by atoms with E-state index in [1.54, 1.807) is 0 Å². The molecule has 1 aliphatic rings. The number of nitrogens with one attached hydrogen (secondary N) is 1. The van der Waals surface area contributed by atoms with Crippen molar-refractivity contribution in [2.24, 2.45) is 5.41 Å². The summed E-state index contributed by atoms with van der Waals surface area (Å²) in [6.07, 6.45) is 3.82. The van der Waals surface area contributed by atoms with Crippen LogP contribution in [0.5, 0.6) is 0 Å². The molecule has 1 heterocycles. The Labute approximate surface area is 133 Å². The SMILES string of the molecule is CCC(C)N1CCN(CC(CC)(CC)CNC(C)C)CC1. The number of hydrogen-bond acceptors (Lipinski definition) is 3. The lowest BCUT2D eigenvalue weighted by atomic mass is 9.81. The van der Waals surface area contributed by atoms with E-state index in [9.17, 15) is 0 Å². The van der Waals surface area contributed by atoms with Crippen LogP contribution in [0.2, 0.25) is 0 Å². The van der Waals surface area contributed by atoms with Crippen molar-refractivity contribution < 1.29 is 0 Å². The minimum Gasteiger partial charge on any atom is -0.314 e. The van der Waals surface area contributed by atoms with Gasteiger partial charge in [0.1, 0.15) is 0 Å². The highest BCUT2D eigenvalue weighted by atomic mass is 15.3. The molecule has 1 atom stereocenters. The molecule has 21 heavy (non-hydrogen) atoms. The average molecular weight is 298 g/mol. The van der Waals surface area contributed by atoms with Gasteiger partial charge in [-0.05, 0) is 31.6 Å². The van der Waals surface area contributed by atoms with Crippen LogP contribution >= 0.6 is 0 Å². The van der Waals surface area contributed by atoms with E-state index in [0.717, 1.165) is 12.6 Å². The van der Waals surface area contributed by atoms with E-state index in [1.165, 1.54) is 52.0 Å². The Morgan fingerprint density at radius 2 is 1.52 bits per heavy atom. The van der Waals surface area contributed by atoms with Crippen molar-refractivity contribution in [1.82, 2.24) is 15.1 Å². The molecule has 0 radical (unpaired) electrons. The van der Waals surface area contributed by atoms with Crippen LogP contribution in [0.25, 0.3) is 0 Å². The molecule has 3 nitrogen and oxygen atoms in total. The van der Waals surface area contributed by atoms with Gasteiger partial charge in [-0.3, -0.25) is 4.90 Å². The maximum Gasteiger partial charge on any atom is 0.0113 e. The van der Waals surface area contributed by atoms with Crippen LogP contribution in [0.15, 0.2) is 0 Å². The van der Waals surface area contributed by atoms with Crippen molar-refractivity contribution in [1.29, 1.82) is 0 Å². The highest BCUT2D eigenvalue weighted by Crippen LogP contribution is 2.27. The molecular weight excluding hydrogens is 258 g/mol. The van der Waals surface area contributed by atoms with E-state index in [4.69, 9.17) is 0 Å². The fraction of sp³-hybridized carbons (Fsp3) is 1.00. The minimum absolute atomic E-state index is 0.447. The summed E-state index contributed by atoms with van der Waals surface area (Å²) in [6.45, 7) is 21.3. The Kier molecular flexibility index (Phi) is 8.22. The van der Waals surface area contributed by atoms with Gasteiger partial charge in [0.25, 0.3) is 0 Å². The molecule has 0 saturated carbocycles. The predicted molar refractivity (Wildman–Crippen MR) is 93.9 cm³/mol. The number of piperazine rings is 1. The first-order valence-corrected chi connectivity index (χ1v) is 9.16. The predicted octanol–water partition coefficient (Wildman–Crippen LogP) is 3.21. The first-order chi connectivity index (χ1) is 9.96. The van der Waals surface area contributed by atoms with E-state index < -0.39 is 0 Å². The summed E-state index contributed by atoms with van der Waals surface area (Å²) in [5, 5.41) is 3.68. The van der Waals surface area contributed by atoms with Gasteiger partial charge in [0.2, 0.25) is 0 Å². The quantitative estimate of drug-likeness (QED) is 0.705. The minimum atomic E-state index is 0.447. The van der Waals surface area contributed by atoms with Crippen LogP contribution in [0, 0.1) is 5.41 Å². The first-order valence-electron chi connectivity index (χ1n) is 9.16. The Balaban J connectivity index is 2.49. The van der Waals surface area contributed by atoms with E-state index in [2.05, 4.69) is 56.7 Å². The molecule has 1 rings (SSSR count). The topological polar surface area (TPSA) is 18.5 Å². The summed E-state index contributed by atoms with van der Waals surface area (Å²) in [7, 11) is 0. The molecule has 126 valence electrons. The highest BCUT2D eigenvalue weighted by molar-refractivity contribution is 4.86. The number of nitrogens with zero attached hydrogens (tertiary/aromatic N) is 2. The van der Waals surface area contributed by atoms with Gasteiger partial charge in [-0.2, -0.15) is 0 Å². The number of hydrogen-bond donors (Lipinski definition) is 1. The van der Waals surface area contributed by atoms with Gasteiger partial charge in [-0.15, -0.1) is 0 Å². The van der Waals surface area contributed by atoms with E-state index in [1.807, 2.05) is 0 Å². The Bertz CT molecular complexity index is 266. The average Bonchev–Trinajstić information content (AvgIpc) is 2.51. The summed E-state index contributed by atoms with van der Waals surface area (Å²) in [4.78, 5) is 5.36. The second-order valence-corrected chi connectivity index (χ2v) is 7.31. The molecule has 0 spiro atoms. The molecular formula is C18H39N3. The standard InChI is InChI=1S/C18H39N3/c1-7-17(6)21-12-10-20(11-13-21)15-18(8-2,9-3)14-19-16(4)5/h16-17,19H,7-15H2,1-6H3. The third kappa shape index (κ3) is 5.88. The van der Waals surface area contributed by atoms with Crippen molar-refractivity contribution >= 4 is 0 Å². The van der Waals surface area contributed by atoms with Gasteiger partial charge in [-0.1, -0.05) is 34.6 Å². The Hall–Kier alpha value is -0.120. The van der Waals surface area contributed by atoms with Crippen molar-refractivity contribution in [3.63, 3.8) is 0 Å². The lowest BCUT2D eigenvalue weighted by molar-refractivity contribution is 0.0607. The maximum atomic E-state index is 3.68. The Morgan fingerprint density at radius 1 is 0.952 bits per heavy atom. The zero-order valence-electron chi connectivity index (χ0n) is 15.4. The van der Waals surface area contributed by atoms with E-state index in [0.29, 0.717) is 11.5 Å². The van der Waals surface area contributed by atoms with Crippen LogP contribution in [0.1, 0.15) is 60.8 Å². The largest absolute Gasteiger partial charge is 0.314 e. The fourth-order valence-corrected chi connectivity index (χ4v) is 3.29. The lowest BCUT2D eigenvalue weighted by Gasteiger charge is -2.43. The molecule has 3 heteroatoms. The van der Waals surface area contributed by atoms with Crippen molar-refractivity contribution in [3.8, 4) is 0 Å². The normalized spacial score (nSPS) is 20.1. The fourth-order valence-electron chi connectivity index (χ4n) is 3.29. The second kappa shape index (κ2) is 9.12. The summed E-state index contributed by atoms with van der Waals surface area (Å²) in [5.41, 5.74) is 0.447. The molecule has 0 aromatic heterocycles. The van der Waals surface area contributed by atoms with Crippen LogP contribution in [-0.2, 0) is 0 Å². The highest BCUT2D eigenvalue weighted by Gasteiger charge is 2.30. The van der Waals surface area contributed by atoms with Crippen LogP contribution in [-0.4, -0.2) is 61.2 Å². The third-order valence-corrected chi connectivity index (χ3v) is 5.57. The molecule has 0 aromatic rings. The van der Waals surface area contributed by atoms with E-state index in [-0.39, 0.29) is 0 Å². The zero-order valence-corrected chi connectivity index (χ0v) is 15.4. The van der Waals surface area contributed by atoms with Gasteiger partial charge >= 0.3 is 0 Å². The third-order valence-electron chi connectivity index (χ3n) is 5.57. The van der Waals surface area contributed by atoms with Gasteiger partial charge in [0, 0.05) is 51.4 Å². The van der Waals surface area contributed by atoms with Crippen LogP contribution < -0.4 is 5.32 Å². The molecule has 1 N–H and O–H groups in total. The van der Waals surface area contributed by atoms with Crippen LogP contribution in [0.4, 0.5) is 0 Å². The summed E-state index contributed by atoms with van der Waals surface area (Å²) >= 11 is 0. The number of rotatable bonds is 9. The molecule has 1 fully saturated rings.